The first kappa shape index (κ1) is 31.4. The van der Waals surface area contributed by atoms with Crippen LogP contribution >= 0.6 is 0 Å². The van der Waals surface area contributed by atoms with Crippen LogP contribution in [0.4, 0.5) is 0 Å². The number of hydrazone groups is 1. The number of amides is 1. The molecule has 0 atom stereocenters. The van der Waals surface area contributed by atoms with Gasteiger partial charge in [-0.05, 0) is 35.7 Å². The van der Waals surface area contributed by atoms with Gasteiger partial charge >= 0.3 is 0 Å². The molecule has 0 aliphatic heterocycles. The fourth-order valence-electron chi connectivity index (χ4n) is 4.51. The highest BCUT2D eigenvalue weighted by Crippen LogP contribution is 2.28. The Morgan fingerprint density at radius 1 is 0.763 bits per heavy atom. The molecule has 1 N–H and O–H groups in total. The SMILES string of the molecule is CCCCCCCCCCCCCCCCCC(=O)N/N=C\c1ccc(OCc2ccccc2)c(OC)c1. The van der Waals surface area contributed by atoms with E-state index in [1.54, 1.807) is 13.3 Å². The third kappa shape index (κ3) is 14.8. The van der Waals surface area contributed by atoms with Crippen LogP contribution < -0.4 is 14.9 Å². The van der Waals surface area contributed by atoms with Crippen molar-refractivity contribution in [2.45, 2.75) is 116 Å². The van der Waals surface area contributed by atoms with E-state index in [-0.39, 0.29) is 5.91 Å². The standard InChI is InChI=1S/C33H50N2O3/c1-3-4-5-6-7-8-9-10-11-12-13-14-15-16-20-23-33(36)35-34-27-30-24-25-31(32(26-30)37-2)38-28-29-21-18-17-19-22-29/h17-19,21-22,24-27H,3-16,20,23,28H2,1-2H3,(H,35,36)/b34-27-. The quantitative estimate of drug-likeness (QED) is 0.0953. The molecule has 0 aliphatic carbocycles. The van der Waals surface area contributed by atoms with Crippen molar-refractivity contribution in [1.29, 1.82) is 0 Å². The average molecular weight is 523 g/mol. The van der Waals surface area contributed by atoms with Crippen LogP contribution in [0.15, 0.2) is 53.6 Å². The van der Waals surface area contributed by atoms with Gasteiger partial charge in [0, 0.05) is 6.42 Å². The lowest BCUT2D eigenvalue weighted by Crippen LogP contribution is -2.16. The monoisotopic (exact) mass is 522 g/mol. The van der Waals surface area contributed by atoms with Crippen LogP contribution in [-0.2, 0) is 11.4 Å². The number of nitrogens with zero attached hydrogens (tertiary/aromatic N) is 1. The summed E-state index contributed by atoms with van der Waals surface area (Å²) in [5.41, 5.74) is 4.57. The maximum absolute atomic E-state index is 12.1. The van der Waals surface area contributed by atoms with Gasteiger partial charge in [0.25, 0.3) is 0 Å². The van der Waals surface area contributed by atoms with Crippen molar-refractivity contribution in [2.24, 2.45) is 5.10 Å². The van der Waals surface area contributed by atoms with Gasteiger partial charge in [0.05, 0.1) is 13.3 Å². The summed E-state index contributed by atoms with van der Waals surface area (Å²) in [5, 5.41) is 4.11. The molecule has 0 aliphatic rings. The molecular weight excluding hydrogens is 472 g/mol. The number of rotatable bonds is 22. The van der Waals surface area contributed by atoms with E-state index < -0.39 is 0 Å². The zero-order valence-corrected chi connectivity index (χ0v) is 23.9. The summed E-state index contributed by atoms with van der Waals surface area (Å²) >= 11 is 0. The molecule has 5 heteroatoms. The molecule has 1 amide bonds. The predicted molar refractivity (Wildman–Crippen MR) is 159 cm³/mol. The van der Waals surface area contributed by atoms with E-state index in [0.29, 0.717) is 24.5 Å². The van der Waals surface area contributed by atoms with Gasteiger partial charge in [0.15, 0.2) is 11.5 Å². The number of benzene rings is 2. The van der Waals surface area contributed by atoms with Gasteiger partial charge in [-0.15, -0.1) is 0 Å². The van der Waals surface area contributed by atoms with Crippen molar-refractivity contribution in [1.82, 2.24) is 5.43 Å². The number of hydrogen-bond donors (Lipinski definition) is 1. The zero-order valence-electron chi connectivity index (χ0n) is 23.9. The number of unbranched alkanes of at least 4 members (excludes halogenated alkanes) is 14. The lowest BCUT2D eigenvalue weighted by molar-refractivity contribution is -0.121. The number of ether oxygens (including phenoxy) is 2. The second kappa shape index (κ2) is 21.2. The van der Waals surface area contributed by atoms with E-state index in [2.05, 4.69) is 17.5 Å². The van der Waals surface area contributed by atoms with Crippen molar-refractivity contribution in [2.75, 3.05) is 7.11 Å². The van der Waals surface area contributed by atoms with Gasteiger partial charge in [0.2, 0.25) is 5.91 Å². The first-order chi connectivity index (χ1) is 18.7. The Labute approximate surface area is 231 Å². The molecule has 2 aromatic rings. The normalized spacial score (nSPS) is 11.1. The van der Waals surface area contributed by atoms with Crippen LogP contribution in [0.2, 0.25) is 0 Å². The molecule has 0 radical (unpaired) electrons. The number of carbonyl (C=O) groups excluding carboxylic acids is 1. The maximum atomic E-state index is 12.1. The Morgan fingerprint density at radius 2 is 1.34 bits per heavy atom. The highest BCUT2D eigenvalue weighted by molar-refractivity contribution is 5.83. The van der Waals surface area contributed by atoms with E-state index in [4.69, 9.17) is 9.47 Å². The largest absolute Gasteiger partial charge is 0.493 e. The Bertz CT molecular complexity index is 898. The molecule has 38 heavy (non-hydrogen) atoms. The Morgan fingerprint density at radius 3 is 1.92 bits per heavy atom. The summed E-state index contributed by atoms with van der Waals surface area (Å²) in [6.45, 7) is 2.75. The highest BCUT2D eigenvalue weighted by Gasteiger charge is 2.06. The van der Waals surface area contributed by atoms with Crippen LogP contribution in [0.1, 0.15) is 121 Å². The molecule has 0 aromatic heterocycles. The van der Waals surface area contributed by atoms with E-state index in [0.717, 1.165) is 24.0 Å². The summed E-state index contributed by atoms with van der Waals surface area (Å²) in [5.74, 6) is 1.27. The summed E-state index contributed by atoms with van der Waals surface area (Å²) in [7, 11) is 1.62. The lowest BCUT2D eigenvalue weighted by Gasteiger charge is -2.11. The van der Waals surface area contributed by atoms with E-state index >= 15 is 0 Å². The number of hydrogen-bond acceptors (Lipinski definition) is 4. The Hall–Kier alpha value is -2.82. The molecule has 2 aromatic carbocycles. The summed E-state index contributed by atoms with van der Waals surface area (Å²) in [4.78, 5) is 12.1. The zero-order chi connectivity index (χ0) is 27.1. The maximum Gasteiger partial charge on any atom is 0.240 e. The van der Waals surface area contributed by atoms with Gasteiger partial charge in [0.1, 0.15) is 6.61 Å². The highest BCUT2D eigenvalue weighted by atomic mass is 16.5. The van der Waals surface area contributed by atoms with Crippen LogP contribution in [-0.4, -0.2) is 19.2 Å². The first-order valence-corrected chi connectivity index (χ1v) is 14.9. The Balaban J connectivity index is 1.49. The molecule has 210 valence electrons. The van der Waals surface area contributed by atoms with Crippen molar-refractivity contribution in [3.8, 4) is 11.5 Å². The molecule has 0 heterocycles. The molecule has 0 saturated carbocycles. The minimum atomic E-state index is -0.0364. The van der Waals surface area contributed by atoms with E-state index in [9.17, 15) is 4.79 Å². The molecule has 0 spiro atoms. The van der Waals surface area contributed by atoms with Crippen molar-refractivity contribution in [3.63, 3.8) is 0 Å². The van der Waals surface area contributed by atoms with Crippen molar-refractivity contribution < 1.29 is 14.3 Å². The van der Waals surface area contributed by atoms with Crippen LogP contribution in [0.5, 0.6) is 11.5 Å². The minimum Gasteiger partial charge on any atom is -0.493 e. The van der Waals surface area contributed by atoms with Crippen LogP contribution in [0, 0.1) is 0 Å². The van der Waals surface area contributed by atoms with Gasteiger partial charge in [-0.1, -0.05) is 127 Å². The molecular formula is C33H50N2O3. The van der Waals surface area contributed by atoms with Crippen molar-refractivity contribution >= 4 is 12.1 Å². The smallest absolute Gasteiger partial charge is 0.240 e. The molecule has 0 fully saturated rings. The number of carbonyl (C=O) groups is 1. The third-order valence-corrected chi connectivity index (χ3v) is 6.84. The molecule has 0 unspecified atom stereocenters. The van der Waals surface area contributed by atoms with Gasteiger partial charge < -0.3 is 9.47 Å². The molecule has 2 rings (SSSR count). The molecule has 0 bridgehead atoms. The first-order valence-electron chi connectivity index (χ1n) is 14.9. The second-order valence-electron chi connectivity index (χ2n) is 10.2. The fraction of sp³-hybridized carbons (Fsp3) is 0.576. The van der Waals surface area contributed by atoms with Gasteiger partial charge in [-0.2, -0.15) is 5.10 Å². The van der Waals surface area contributed by atoms with E-state index in [1.807, 2.05) is 48.5 Å². The Kier molecular flexibility index (Phi) is 17.5. The minimum absolute atomic E-state index is 0.0364. The topological polar surface area (TPSA) is 59.9 Å². The lowest BCUT2D eigenvalue weighted by atomic mass is 10.0. The van der Waals surface area contributed by atoms with Gasteiger partial charge in [-0.25, -0.2) is 5.43 Å². The van der Waals surface area contributed by atoms with Crippen molar-refractivity contribution in [3.05, 3.63) is 59.7 Å². The molecule has 0 saturated heterocycles. The third-order valence-electron chi connectivity index (χ3n) is 6.84. The predicted octanol–water partition coefficient (Wildman–Crippen LogP) is 8.99. The number of methoxy groups -OCH3 is 1. The second-order valence-corrected chi connectivity index (χ2v) is 10.2. The van der Waals surface area contributed by atoms with Crippen LogP contribution in [0.3, 0.4) is 0 Å². The average Bonchev–Trinajstić information content (AvgIpc) is 2.94. The van der Waals surface area contributed by atoms with E-state index in [1.165, 1.54) is 83.5 Å². The summed E-state index contributed by atoms with van der Waals surface area (Å²) in [6, 6.07) is 15.6. The summed E-state index contributed by atoms with van der Waals surface area (Å²) in [6.07, 6.45) is 22.0. The van der Waals surface area contributed by atoms with Gasteiger partial charge in [-0.3, -0.25) is 4.79 Å². The summed E-state index contributed by atoms with van der Waals surface area (Å²) < 4.78 is 11.4. The fourth-order valence-corrected chi connectivity index (χ4v) is 4.51. The molecule has 5 nitrogen and oxygen atoms in total. The number of nitrogens with one attached hydrogen (secondary N) is 1. The van der Waals surface area contributed by atoms with Crippen LogP contribution in [0.25, 0.3) is 0 Å².